The Hall–Kier alpha value is -4.58. The van der Waals surface area contributed by atoms with Crippen LogP contribution in [-0.4, -0.2) is 62.7 Å². The molecule has 2 atom stereocenters. The SMILES string of the molecule is Cn1cncc1C[C@H](NC(=O)c1ccc(NC(=O)O)cc1)C(=O)N1CCC[C@@]2(C1)OC(=O)Nc1ccc(Cl)cc12. The zero-order valence-corrected chi connectivity index (χ0v) is 22.3. The Morgan fingerprint density at radius 1 is 1.23 bits per heavy atom. The van der Waals surface area contributed by atoms with Gasteiger partial charge in [0, 0.05) is 53.7 Å². The number of anilines is 2. The highest BCUT2D eigenvalue weighted by Crippen LogP contribution is 2.43. The van der Waals surface area contributed by atoms with Crippen molar-refractivity contribution >= 4 is 47.0 Å². The van der Waals surface area contributed by atoms with Crippen LogP contribution < -0.4 is 16.0 Å². The van der Waals surface area contributed by atoms with E-state index in [-0.39, 0.29) is 24.4 Å². The lowest BCUT2D eigenvalue weighted by molar-refractivity contribution is -0.141. The summed E-state index contributed by atoms with van der Waals surface area (Å²) in [5.41, 5.74) is 1.49. The van der Waals surface area contributed by atoms with Crippen molar-refractivity contribution in [2.45, 2.75) is 30.9 Å². The first kappa shape index (κ1) is 27.0. The number of halogens is 1. The second kappa shape index (κ2) is 10.9. The number of aromatic nitrogens is 2. The third kappa shape index (κ3) is 5.57. The van der Waals surface area contributed by atoms with Crippen LogP contribution in [0.3, 0.4) is 0 Å². The summed E-state index contributed by atoms with van der Waals surface area (Å²) in [4.78, 5) is 56.2. The van der Waals surface area contributed by atoms with Crippen molar-refractivity contribution in [3.63, 3.8) is 0 Å². The minimum Gasteiger partial charge on any atom is -0.465 e. The molecule has 1 aromatic heterocycles. The van der Waals surface area contributed by atoms with Gasteiger partial charge in [-0.15, -0.1) is 0 Å². The van der Waals surface area contributed by atoms with Crippen LogP contribution in [0.15, 0.2) is 55.0 Å². The summed E-state index contributed by atoms with van der Waals surface area (Å²) in [5, 5.41) is 17.1. The lowest BCUT2D eigenvalue weighted by atomic mass is 9.83. The predicted molar refractivity (Wildman–Crippen MR) is 145 cm³/mol. The van der Waals surface area contributed by atoms with E-state index in [0.29, 0.717) is 41.3 Å². The number of piperidine rings is 1. The van der Waals surface area contributed by atoms with Crippen molar-refractivity contribution in [2.24, 2.45) is 7.05 Å². The van der Waals surface area contributed by atoms with Gasteiger partial charge in [-0.25, -0.2) is 14.6 Å². The number of hydrogen-bond acceptors (Lipinski definition) is 6. The molecule has 3 aromatic rings. The van der Waals surface area contributed by atoms with E-state index < -0.39 is 29.7 Å². The molecule has 2 aliphatic rings. The average molecular weight is 567 g/mol. The number of carboxylic acid groups (broad SMARTS) is 1. The van der Waals surface area contributed by atoms with E-state index >= 15 is 0 Å². The van der Waals surface area contributed by atoms with Gasteiger partial charge in [-0.2, -0.15) is 0 Å². The number of fused-ring (bicyclic) bond motifs is 2. The minimum atomic E-state index is -1.22. The highest BCUT2D eigenvalue weighted by molar-refractivity contribution is 6.30. The molecule has 208 valence electrons. The summed E-state index contributed by atoms with van der Waals surface area (Å²) in [7, 11) is 1.80. The standard InChI is InChI=1S/C27H27ClN6O6/c1-33-15-29-13-19(33)12-22(31-23(35)16-3-6-18(7-4-16)30-25(37)38)24(36)34-10-2-9-27(14-34)20-11-17(28)5-8-21(20)32-26(39)40-27/h3-8,11,13,15,22,30H,2,9-10,12,14H2,1H3,(H,31,35)(H,32,39)(H,37,38)/t22-,27-/m0/s1. The second-order valence-electron chi connectivity index (χ2n) is 9.80. The smallest absolute Gasteiger partial charge is 0.412 e. The normalized spacial score (nSPS) is 18.8. The van der Waals surface area contributed by atoms with Crippen LogP contribution in [0.2, 0.25) is 5.02 Å². The molecule has 1 saturated heterocycles. The quantitative estimate of drug-likeness (QED) is 0.355. The summed E-state index contributed by atoms with van der Waals surface area (Å²) in [6, 6.07) is 10.0. The number of ether oxygens (including phenoxy) is 1. The Balaban J connectivity index is 1.40. The van der Waals surface area contributed by atoms with Gasteiger partial charge in [0.25, 0.3) is 5.91 Å². The molecule has 12 nitrogen and oxygen atoms in total. The lowest BCUT2D eigenvalue weighted by Gasteiger charge is -2.45. The van der Waals surface area contributed by atoms with Crippen molar-refractivity contribution in [1.29, 1.82) is 0 Å². The Labute approximate surface area is 234 Å². The molecule has 13 heteroatoms. The topological polar surface area (TPSA) is 155 Å². The average Bonchev–Trinajstić information content (AvgIpc) is 3.32. The minimum absolute atomic E-state index is 0.0971. The first-order chi connectivity index (χ1) is 19.1. The number of carbonyl (C=O) groups is 4. The summed E-state index contributed by atoms with van der Waals surface area (Å²) in [6.45, 7) is 0.509. The molecular formula is C27H27ClN6O6. The molecule has 0 bridgehead atoms. The van der Waals surface area contributed by atoms with Crippen LogP contribution in [0.1, 0.15) is 34.5 Å². The van der Waals surface area contributed by atoms with E-state index in [1.54, 1.807) is 47.2 Å². The van der Waals surface area contributed by atoms with E-state index in [2.05, 4.69) is 20.9 Å². The number of benzene rings is 2. The fourth-order valence-corrected chi connectivity index (χ4v) is 5.34. The molecule has 4 N–H and O–H groups in total. The molecule has 5 rings (SSSR count). The molecule has 0 radical (unpaired) electrons. The number of likely N-dealkylation sites (tertiary alicyclic amines) is 1. The Bertz CT molecular complexity index is 1470. The first-order valence-corrected chi connectivity index (χ1v) is 13.0. The molecule has 2 aliphatic heterocycles. The number of amides is 4. The number of aryl methyl sites for hydroxylation is 1. The highest BCUT2D eigenvalue weighted by atomic mass is 35.5. The van der Waals surface area contributed by atoms with Gasteiger partial charge in [0.15, 0.2) is 5.60 Å². The maximum Gasteiger partial charge on any atom is 0.412 e. The first-order valence-electron chi connectivity index (χ1n) is 12.6. The molecule has 1 spiro atoms. The lowest BCUT2D eigenvalue weighted by Crippen LogP contribution is -2.57. The maximum absolute atomic E-state index is 14.0. The second-order valence-corrected chi connectivity index (χ2v) is 10.2. The number of rotatable bonds is 6. The third-order valence-electron chi connectivity index (χ3n) is 7.10. The summed E-state index contributed by atoms with van der Waals surface area (Å²) < 4.78 is 7.59. The fraction of sp³-hybridized carbons (Fsp3) is 0.296. The molecule has 4 amide bonds. The van der Waals surface area contributed by atoms with Gasteiger partial charge in [0.2, 0.25) is 5.91 Å². The van der Waals surface area contributed by atoms with E-state index in [9.17, 15) is 19.2 Å². The van der Waals surface area contributed by atoms with E-state index in [1.165, 1.54) is 24.3 Å². The Morgan fingerprint density at radius 2 is 2.00 bits per heavy atom. The van der Waals surface area contributed by atoms with Gasteiger partial charge >= 0.3 is 12.2 Å². The summed E-state index contributed by atoms with van der Waals surface area (Å²) in [5.74, 6) is -0.838. The van der Waals surface area contributed by atoms with Gasteiger partial charge in [0.1, 0.15) is 6.04 Å². The van der Waals surface area contributed by atoms with Crippen molar-refractivity contribution in [2.75, 3.05) is 23.7 Å². The number of nitrogens with one attached hydrogen (secondary N) is 3. The van der Waals surface area contributed by atoms with Crippen LogP contribution in [0.4, 0.5) is 21.0 Å². The van der Waals surface area contributed by atoms with Gasteiger partial charge < -0.3 is 24.6 Å². The summed E-state index contributed by atoms with van der Waals surface area (Å²) in [6.07, 6.45) is 2.66. The summed E-state index contributed by atoms with van der Waals surface area (Å²) >= 11 is 6.27. The highest BCUT2D eigenvalue weighted by Gasteiger charge is 2.47. The predicted octanol–water partition coefficient (Wildman–Crippen LogP) is 3.58. The van der Waals surface area contributed by atoms with Crippen LogP contribution in [-0.2, 0) is 28.6 Å². The van der Waals surface area contributed by atoms with Gasteiger partial charge in [-0.3, -0.25) is 20.2 Å². The number of imidazole rings is 1. The van der Waals surface area contributed by atoms with Crippen molar-refractivity contribution in [3.8, 4) is 0 Å². The molecule has 2 aromatic carbocycles. The largest absolute Gasteiger partial charge is 0.465 e. The third-order valence-corrected chi connectivity index (χ3v) is 7.33. The molecule has 0 saturated carbocycles. The van der Waals surface area contributed by atoms with Crippen LogP contribution in [0, 0.1) is 0 Å². The van der Waals surface area contributed by atoms with Gasteiger partial charge in [-0.05, 0) is 55.3 Å². The molecule has 3 heterocycles. The molecular weight excluding hydrogens is 540 g/mol. The molecule has 0 aliphatic carbocycles. The molecule has 40 heavy (non-hydrogen) atoms. The van der Waals surface area contributed by atoms with Crippen molar-refractivity contribution < 1.29 is 29.0 Å². The monoisotopic (exact) mass is 566 g/mol. The van der Waals surface area contributed by atoms with Crippen molar-refractivity contribution in [1.82, 2.24) is 19.8 Å². The van der Waals surface area contributed by atoms with E-state index in [1.807, 2.05) is 0 Å². The maximum atomic E-state index is 14.0. The Kier molecular flexibility index (Phi) is 7.35. The van der Waals surface area contributed by atoms with Crippen LogP contribution in [0.25, 0.3) is 0 Å². The number of hydrogen-bond donors (Lipinski definition) is 4. The number of nitrogens with zero attached hydrogens (tertiary/aromatic N) is 3. The zero-order valence-electron chi connectivity index (χ0n) is 21.5. The van der Waals surface area contributed by atoms with Gasteiger partial charge in [-0.1, -0.05) is 11.6 Å². The van der Waals surface area contributed by atoms with Crippen LogP contribution in [0.5, 0.6) is 0 Å². The van der Waals surface area contributed by atoms with E-state index in [4.69, 9.17) is 21.4 Å². The molecule has 1 fully saturated rings. The zero-order chi connectivity index (χ0) is 28.4. The van der Waals surface area contributed by atoms with Crippen molar-refractivity contribution in [3.05, 3.63) is 76.8 Å². The van der Waals surface area contributed by atoms with Crippen LogP contribution >= 0.6 is 11.6 Å². The molecule has 0 unspecified atom stereocenters. The number of carbonyl (C=O) groups excluding carboxylic acids is 3. The Morgan fingerprint density at radius 3 is 2.70 bits per heavy atom. The fourth-order valence-electron chi connectivity index (χ4n) is 5.16. The van der Waals surface area contributed by atoms with E-state index in [0.717, 1.165) is 5.69 Å². The van der Waals surface area contributed by atoms with Gasteiger partial charge in [0.05, 0.1) is 18.6 Å².